The van der Waals surface area contributed by atoms with Crippen molar-refractivity contribution in [1.82, 2.24) is 14.1 Å². The summed E-state index contributed by atoms with van der Waals surface area (Å²) < 4.78 is 29.1. The van der Waals surface area contributed by atoms with E-state index in [0.717, 1.165) is 12.8 Å². The summed E-state index contributed by atoms with van der Waals surface area (Å²) in [6.45, 7) is 4.36. The van der Waals surface area contributed by atoms with Gasteiger partial charge in [0.1, 0.15) is 4.90 Å². The predicted molar refractivity (Wildman–Crippen MR) is 78.2 cm³/mol. The zero-order chi connectivity index (χ0) is 15.4. The number of aliphatic hydroxyl groups is 1. The molecule has 0 bridgehead atoms. The van der Waals surface area contributed by atoms with Gasteiger partial charge in [0, 0.05) is 25.8 Å². The van der Waals surface area contributed by atoms with Crippen molar-refractivity contribution in [3.63, 3.8) is 0 Å². The highest BCUT2D eigenvalue weighted by Gasteiger charge is 2.51. The van der Waals surface area contributed by atoms with Gasteiger partial charge in [-0.25, -0.2) is 8.42 Å². The minimum atomic E-state index is -3.51. The lowest BCUT2D eigenvalue weighted by Gasteiger charge is -2.40. The van der Waals surface area contributed by atoms with E-state index in [1.165, 1.54) is 0 Å². The SMILES string of the molecule is Cc1nn(C)cc1S(=O)(=O)N1CC[C@@]2(C)C[C@H](O)CC[C@@H]12. The van der Waals surface area contributed by atoms with E-state index in [0.29, 0.717) is 30.0 Å². The molecule has 3 atom stereocenters. The molecule has 2 heterocycles. The third kappa shape index (κ3) is 2.31. The number of rotatable bonds is 2. The molecule has 3 rings (SSSR count). The fraction of sp³-hybridized carbons (Fsp3) is 0.786. The molecule has 118 valence electrons. The Morgan fingerprint density at radius 2 is 2.14 bits per heavy atom. The molecule has 1 aromatic heterocycles. The second-order valence-corrected chi connectivity index (χ2v) is 8.58. The van der Waals surface area contributed by atoms with Gasteiger partial charge in [-0.15, -0.1) is 0 Å². The topological polar surface area (TPSA) is 75.4 Å². The molecule has 1 saturated heterocycles. The van der Waals surface area contributed by atoms with Gasteiger partial charge in [0.25, 0.3) is 0 Å². The van der Waals surface area contributed by atoms with Crippen molar-refractivity contribution < 1.29 is 13.5 Å². The molecule has 0 unspecified atom stereocenters. The molecule has 1 aromatic rings. The maximum Gasteiger partial charge on any atom is 0.246 e. The van der Waals surface area contributed by atoms with E-state index in [1.807, 2.05) is 0 Å². The molecule has 0 amide bonds. The van der Waals surface area contributed by atoms with Crippen molar-refractivity contribution in [3.05, 3.63) is 11.9 Å². The first-order valence-electron chi connectivity index (χ1n) is 7.44. The van der Waals surface area contributed by atoms with Gasteiger partial charge in [-0.05, 0) is 38.0 Å². The van der Waals surface area contributed by atoms with Crippen molar-refractivity contribution in [1.29, 1.82) is 0 Å². The van der Waals surface area contributed by atoms with Gasteiger partial charge in [0.15, 0.2) is 0 Å². The summed E-state index contributed by atoms with van der Waals surface area (Å²) in [6.07, 6.45) is 4.20. The molecule has 2 fully saturated rings. The van der Waals surface area contributed by atoms with Crippen molar-refractivity contribution in [3.8, 4) is 0 Å². The van der Waals surface area contributed by atoms with Gasteiger partial charge < -0.3 is 5.11 Å². The van der Waals surface area contributed by atoms with E-state index >= 15 is 0 Å². The van der Waals surface area contributed by atoms with Crippen LogP contribution in [0.3, 0.4) is 0 Å². The summed E-state index contributed by atoms with van der Waals surface area (Å²) in [7, 11) is -1.77. The van der Waals surface area contributed by atoms with Crippen LogP contribution >= 0.6 is 0 Å². The molecule has 1 saturated carbocycles. The average Bonchev–Trinajstić information content (AvgIpc) is 2.88. The standard InChI is InChI=1S/C14H23N3O3S/c1-10-12(9-16(3)15-10)21(19,20)17-7-6-14(2)8-11(18)4-5-13(14)17/h9,11,13,18H,4-8H2,1-3H3/t11-,13-,14+/m1/s1. The van der Waals surface area contributed by atoms with Crippen LogP contribution in [0.15, 0.2) is 11.1 Å². The van der Waals surface area contributed by atoms with Crippen LogP contribution in [-0.2, 0) is 17.1 Å². The number of aromatic nitrogens is 2. The number of sulfonamides is 1. The van der Waals surface area contributed by atoms with Crippen LogP contribution < -0.4 is 0 Å². The van der Waals surface area contributed by atoms with Gasteiger partial charge >= 0.3 is 0 Å². The van der Waals surface area contributed by atoms with Gasteiger partial charge in [0.2, 0.25) is 10.0 Å². The molecule has 1 N–H and O–H groups in total. The van der Waals surface area contributed by atoms with Gasteiger partial charge in [0.05, 0.1) is 11.8 Å². The molecule has 0 spiro atoms. The second kappa shape index (κ2) is 4.79. The van der Waals surface area contributed by atoms with E-state index in [-0.39, 0.29) is 17.6 Å². The Hall–Kier alpha value is -0.920. The highest BCUT2D eigenvalue weighted by Crippen LogP contribution is 2.48. The van der Waals surface area contributed by atoms with Crippen LogP contribution in [0.5, 0.6) is 0 Å². The first kappa shape index (κ1) is 15.0. The lowest BCUT2D eigenvalue weighted by atomic mass is 9.71. The van der Waals surface area contributed by atoms with Gasteiger partial charge in [-0.1, -0.05) is 6.92 Å². The third-order valence-electron chi connectivity index (χ3n) is 5.09. The lowest BCUT2D eigenvalue weighted by molar-refractivity contribution is 0.0378. The quantitative estimate of drug-likeness (QED) is 0.885. The van der Waals surface area contributed by atoms with Crippen molar-refractivity contribution >= 4 is 10.0 Å². The Balaban J connectivity index is 1.96. The number of hydrogen-bond donors (Lipinski definition) is 1. The fourth-order valence-electron chi connectivity index (χ4n) is 4.00. The number of hydrogen-bond acceptors (Lipinski definition) is 4. The third-order valence-corrected chi connectivity index (χ3v) is 7.10. The summed E-state index contributed by atoms with van der Waals surface area (Å²) in [5.74, 6) is 0. The summed E-state index contributed by atoms with van der Waals surface area (Å²) in [5, 5.41) is 14.0. The zero-order valence-corrected chi connectivity index (χ0v) is 13.6. The summed E-state index contributed by atoms with van der Waals surface area (Å²) >= 11 is 0. The Labute approximate surface area is 125 Å². The molecule has 1 aliphatic heterocycles. The van der Waals surface area contributed by atoms with E-state index in [1.54, 1.807) is 29.2 Å². The Kier molecular flexibility index (Phi) is 3.42. The van der Waals surface area contributed by atoms with E-state index in [2.05, 4.69) is 12.0 Å². The largest absolute Gasteiger partial charge is 0.393 e. The van der Waals surface area contributed by atoms with Crippen molar-refractivity contribution in [2.24, 2.45) is 12.5 Å². The van der Waals surface area contributed by atoms with Crippen LogP contribution in [0.4, 0.5) is 0 Å². The highest BCUT2D eigenvalue weighted by atomic mass is 32.2. The number of aliphatic hydroxyl groups excluding tert-OH is 1. The fourth-order valence-corrected chi connectivity index (χ4v) is 5.98. The summed E-state index contributed by atoms with van der Waals surface area (Å²) in [6, 6.07) is -0.00879. The highest BCUT2D eigenvalue weighted by molar-refractivity contribution is 7.89. The van der Waals surface area contributed by atoms with Crippen molar-refractivity contribution in [2.75, 3.05) is 6.54 Å². The van der Waals surface area contributed by atoms with Crippen LogP contribution in [0.25, 0.3) is 0 Å². The summed E-state index contributed by atoms with van der Waals surface area (Å²) in [4.78, 5) is 0.306. The first-order chi connectivity index (χ1) is 9.74. The molecule has 6 nitrogen and oxygen atoms in total. The molecule has 0 aromatic carbocycles. The normalized spacial score (nSPS) is 34.1. The van der Waals surface area contributed by atoms with Crippen LogP contribution in [-0.4, -0.2) is 46.3 Å². The maximum atomic E-state index is 13.0. The van der Waals surface area contributed by atoms with Gasteiger partial charge in [-0.2, -0.15) is 9.40 Å². The molecular formula is C14H23N3O3S. The van der Waals surface area contributed by atoms with Crippen molar-refractivity contribution in [2.45, 2.75) is 56.6 Å². The Bertz CT molecular complexity index is 654. The molecule has 21 heavy (non-hydrogen) atoms. The number of aryl methyl sites for hydroxylation is 2. The smallest absolute Gasteiger partial charge is 0.246 e. The van der Waals surface area contributed by atoms with Gasteiger partial charge in [-0.3, -0.25) is 4.68 Å². The molecule has 0 radical (unpaired) electrons. The zero-order valence-electron chi connectivity index (χ0n) is 12.8. The first-order valence-corrected chi connectivity index (χ1v) is 8.88. The maximum absolute atomic E-state index is 13.0. The van der Waals surface area contributed by atoms with Crippen LogP contribution in [0.2, 0.25) is 0 Å². The number of nitrogens with zero attached hydrogens (tertiary/aromatic N) is 3. The summed E-state index contributed by atoms with van der Waals surface area (Å²) in [5.41, 5.74) is 0.433. The van der Waals surface area contributed by atoms with Crippen LogP contribution in [0.1, 0.15) is 38.3 Å². The molecular weight excluding hydrogens is 290 g/mol. The molecule has 1 aliphatic carbocycles. The van der Waals surface area contributed by atoms with E-state index in [4.69, 9.17) is 0 Å². The Morgan fingerprint density at radius 1 is 1.43 bits per heavy atom. The van der Waals surface area contributed by atoms with E-state index in [9.17, 15) is 13.5 Å². The lowest BCUT2D eigenvalue weighted by Crippen LogP contribution is -2.46. The molecule has 7 heteroatoms. The molecule has 2 aliphatic rings. The second-order valence-electron chi connectivity index (χ2n) is 6.72. The van der Waals surface area contributed by atoms with E-state index < -0.39 is 10.0 Å². The minimum Gasteiger partial charge on any atom is -0.393 e. The Morgan fingerprint density at radius 3 is 2.76 bits per heavy atom. The minimum absolute atomic E-state index is 0.00879. The number of fused-ring (bicyclic) bond motifs is 1. The monoisotopic (exact) mass is 313 g/mol. The predicted octanol–water partition coefficient (Wildman–Crippen LogP) is 1.04. The average molecular weight is 313 g/mol. The van der Waals surface area contributed by atoms with Crippen LogP contribution in [0, 0.1) is 12.3 Å².